The number of thioether (sulfide) groups is 2. The van der Waals surface area contributed by atoms with Crippen molar-refractivity contribution in [2.24, 2.45) is 0 Å². The molecule has 0 aromatic carbocycles. The normalized spacial score (nSPS) is 11.8. The lowest BCUT2D eigenvalue weighted by Crippen LogP contribution is -2.08. The van der Waals surface area contributed by atoms with Gasteiger partial charge in [-0.2, -0.15) is 23.5 Å². The maximum atomic E-state index is 4.05. The van der Waals surface area contributed by atoms with E-state index in [1.54, 1.807) is 0 Å². The molecule has 0 aliphatic carbocycles. The van der Waals surface area contributed by atoms with Crippen LogP contribution in [0.4, 0.5) is 0 Å². The molecule has 20 heavy (non-hydrogen) atoms. The molecule has 0 aliphatic rings. The minimum Gasteiger partial charge on any atom is -0.265 e. The summed E-state index contributed by atoms with van der Waals surface area (Å²) < 4.78 is 0.433. The molecule has 0 fully saturated rings. The van der Waals surface area contributed by atoms with Gasteiger partial charge in [-0.1, -0.05) is 33.6 Å². The fourth-order valence-corrected chi connectivity index (χ4v) is 3.83. The van der Waals surface area contributed by atoms with E-state index in [1.165, 1.54) is 54.9 Å². The van der Waals surface area contributed by atoms with Gasteiger partial charge in [-0.05, 0) is 54.2 Å². The van der Waals surface area contributed by atoms with Crippen LogP contribution in [0, 0.1) is 0 Å². The molecule has 0 radical (unpaired) electrons. The fraction of sp³-hybridized carbons (Fsp3) is 0.706. The van der Waals surface area contributed by atoms with Gasteiger partial charge in [0.2, 0.25) is 0 Å². The topological polar surface area (TPSA) is 12.9 Å². The summed E-state index contributed by atoms with van der Waals surface area (Å²) in [6.45, 7) is 6.91. The third-order valence-corrected chi connectivity index (χ3v) is 5.43. The van der Waals surface area contributed by atoms with Crippen LogP contribution in [0.5, 0.6) is 0 Å². The van der Waals surface area contributed by atoms with Crippen molar-refractivity contribution in [1.82, 2.24) is 4.98 Å². The van der Waals surface area contributed by atoms with E-state index in [1.807, 2.05) is 12.4 Å². The molecule has 114 valence electrons. The lowest BCUT2D eigenvalue weighted by molar-refractivity contribution is 0.707. The van der Waals surface area contributed by atoms with Gasteiger partial charge in [-0.25, -0.2) is 0 Å². The van der Waals surface area contributed by atoms with E-state index in [9.17, 15) is 0 Å². The summed E-state index contributed by atoms with van der Waals surface area (Å²) in [5, 5.41) is 0. The first-order valence-corrected chi connectivity index (χ1v) is 9.82. The highest BCUT2D eigenvalue weighted by Gasteiger charge is 2.08. The fourth-order valence-electron chi connectivity index (χ4n) is 1.88. The van der Waals surface area contributed by atoms with Gasteiger partial charge in [0.05, 0.1) is 0 Å². The molecule has 0 spiro atoms. The number of hydrogen-bond acceptors (Lipinski definition) is 3. The number of hydrogen-bond donors (Lipinski definition) is 0. The van der Waals surface area contributed by atoms with Gasteiger partial charge in [-0.15, -0.1) is 0 Å². The zero-order chi connectivity index (χ0) is 14.7. The number of nitrogens with zero attached hydrogens (tertiary/aromatic N) is 1. The van der Waals surface area contributed by atoms with E-state index in [0.717, 1.165) is 0 Å². The smallest absolute Gasteiger partial charge is 0.0270 e. The highest BCUT2D eigenvalue weighted by Crippen LogP contribution is 2.24. The van der Waals surface area contributed by atoms with Crippen LogP contribution in [0.25, 0.3) is 0 Å². The number of aromatic nitrogens is 1. The van der Waals surface area contributed by atoms with E-state index in [0.29, 0.717) is 4.75 Å². The molecule has 1 aromatic rings. The lowest BCUT2D eigenvalue weighted by Gasteiger charge is -2.17. The molecule has 0 unspecified atom stereocenters. The molecule has 0 N–H and O–H groups in total. The Bertz CT molecular complexity index is 333. The van der Waals surface area contributed by atoms with E-state index in [-0.39, 0.29) is 0 Å². The zero-order valence-electron chi connectivity index (χ0n) is 13.2. The average molecular weight is 312 g/mol. The van der Waals surface area contributed by atoms with E-state index >= 15 is 0 Å². The lowest BCUT2D eigenvalue weighted by atomic mass is 10.2. The number of aryl methyl sites for hydroxylation is 1. The SMILES string of the molecule is CC(C)(C)SCCCCCCSCCc1ccncc1. The highest BCUT2D eigenvalue weighted by atomic mass is 32.2. The van der Waals surface area contributed by atoms with E-state index in [4.69, 9.17) is 0 Å². The van der Waals surface area contributed by atoms with Crippen LogP contribution < -0.4 is 0 Å². The van der Waals surface area contributed by atoms with Crippen molar-refractivity contribution in [3.63, 3.8) is 0 Å². The van der Waals surface area contributed by atoms with Crippen molar-refractivity contribution in [3.8, 4) is 0 Å². The summed E-state index contributed by atoms with van der Waals surface area (Å²) in [5.74, 6) is 3.88. The summed E-state index contributed by atoms with van der Waals surface area (Å²) in [6.07, 6.45) is 10.5. The number of rotatable bonds is 10. The van der Waals surface area contributed by atoms with Gasteiger partial charge in [0.25, 0.3) is 0 Å². The second kappa shape index (κ2) is 10.6. The van der Waals surface area contributed by atoms with Gasteiger partial charge in [0.1, 0.15) is 0 Å². The Hall–Kier alpha value is -0.150. The third-order valence-electron chi connectivity index (χ3n) is 3.00. The number of pyridine rings is 1. The van der Waals surface area contributed by atoms with Crippen molar-refractivity contribution in [2.45, 2.75) is 57.6 Å². The molecule has 3 heteroatoms. The van der Waals surface area contributed by atoms with Crippen LogP contribution in [-0.4, -0.2) is 27.0 Å². The first-order chi connectivity index (χ1) is 9.58. The second-order valence-electron chi connectivity index (χ2n) is 6.09. The van der Waals surface area contributed by atoms with Gasteiger partial charge < -0.3 is 0 Å². The molecule has 0 amide bonds. The first kappa shape index (κ1) is 17.9. The maximum absolute atomic E-state index is 4.05. The van der Waals surface area contributed by atoms with Crippen LogP contribution in [0.15, 0.2) is 24.5 Å². The van der Waals surface area contributed by atoms with Crippen LogP contribution >= 0.6 is 23.5 Å². The Morgan fingerprint density at radius 3 is 2.20 bits per heavy atom. The molecule has 0 saturated heterocycles. The molecule has 1 nitrogen and oxygen atoms in total. The summed E-state index contributed by atoms with van der Waals surface area (Å²) >= 11 is 4.18. The zero-order valence-corrected chi connectivity index (χ0v) is 14.9. The maximum Gasteiger partial charge on any atom is 0.0270 e. The largest absolute Gasteiger partial charge is 0.265 e. The quantitative estimate of drug-likeness (QED) is 0.533. The summed E-state index contributed by atoms with van der Waals surface area (Å²) in [4.78, 5) is 4.05. The minimum absolute atomic E-state index is 0.433. The molecule has 1 aromatic heterocycles. The minimum atomic E-state index is 0.433. The van der Waals surface area contributed by atoms with E-state index < -0.39 is 0 Å². The predicted molar refractivity (Wildman–Crippen MR) is 95.9 cm³/mol. The van der Waals surface area contributed by atoms with Crippen LogP contribution in [0.1, 0.15) is 52.0 Å². The summed E-state index contributed by atoms with van der Waals surface area (Å²) in [6, 6.07) is 4.24. The van der Waals surface area contributed by atoms with Crippen molar-refractivity contribution in [1.29, 1.82) is 0 Å². The van der Waals surface area contributed by atoms with Gasteiger partial charge in [0.15, 0.2) is 0 Å². The standard InChI is InChI=1S/C17H29NS2/c1-17(2,3)20-14-7-5-4-6-13-19-15-10-16-8-11-18-12-9-16/h8-9,11-12H,4-7,10,13-15H2,1-3H3. The molecule has 0 atom stereocenters. The van der Waals surface area contributed by atoms with Crippen LogP contribution in [0.3, 0.4) is 0 Å². The predicted octanol–water partition coefficient (Wildman–Crippen LogP) is 5.45. The van der Waals surface area contributed by atoms with Crippen LogP contribution in [0.2, 0.25) is 0 Å². The van der Waals surface area contributed by atoms with Crippen molar-refractivity contribution >= 4 is 23.5 Å². The van der Waals surface area contributed by atoms with Gasteiger partial charge in [0, 0.05) is 17.1 Å². The summed E-state index contributed by atoms with van der Waals surface area (Å²) in [7, 11) is 0. The van der Waals surface area contributed by atoms with Gasteiger partial charge in [-0.3, -0.25) is 4.98 Å². The Kier molecular flexibility index (Phi) is 9.45. The highest BCUT2D eigenvalue weighted by molar-refractivity contribution is 8.00. The summed E-state index contributed by atoms with van der Waals surface area (Å²) in [5.41, 5.74) is 1.41. The monoisotopic (exact) mass is 311 g/mol. The molecular formula is C17H29NS2. The third kappa shape index (κ3) is 10.6. The van der Waals surface area contributed by atoms with Crippen molar-refractivity contribution < 1.29 is 0 Å². The number of unbranched alkanes of at least 4 members (excludes halogenated alkanes) is 3. The Balaban J connectivity index is 1.83. The molecule has 0 saturated carbocycles. The molecule has 0 aliphatic heterocycles. The average Bonchev–Trinajstić information content (AvgIpc) is 2.41. The second-order valence-corrected chi connectivity index (χ2v) is 9.24. The van der Waals surface area contributed by atoms with E-state index in [2.05, 4.69) is 61.4 Å². The molecule has 0 bridgehead atoms. The molecule has 1 rings (SSSR count). The Morgan fingerprint density at radius 2 is 1.55 bits per heavy atom. The van der Waals surface area contributed by atoms with Crippen LogP contribution in [-0.2, 0) is 6.42 Å². The van der Waals surface area contributed by atoms with Crippen molar-refractivity contribution in [2.75, 3.05) is 17.3 Å². The molecule has 1 heterocycles. The Labute approximate surface area is 133 Å². The van der Waals surface area contributed by atoms with Crippen molar-refractivity contribution in [3.05, 3.63) is 30.1 Å². The Morgan fingerprint density at radius 1 is 0.900 bits per heavy atom. The van der Waals surface area contributed by atoms with Gasteiger partial charge >= 0.3 is 0 Å². The molecular weight excluding hydrogens is 282 g/mol. The first-order valence-electron chi connectivity index (χ1n) is 7.68.